The van der Waals surface area contributed by atoms with Gasteiger partial charge in [0.15, 0.2) is 0 Å². The molecule has 4 nitrogen and oxygen atoms in total. The molecule has 1 fully saturated rings. The number of piperazine rings is 1. The van der Waals surface area contributed by atoms with Crippen LogP contribution in [0.4, 0.5) is 5.69 Å². The summed E-state index contributed by atoms with van der Waals surface area (Å²) in [5.74, 6) is -0.184. The summed E-state index contributed by atoms with van der Waals surface area (Å²) < 4.78 is 0.979. The maximum atomic E-state index is 11.8. The molecule has 2 rings (SSSR count). The molecule has 0 radical (unpaired) electrons. The fourth-order valence-corrected chi connectivity index (χ4v) is 2.29. The zero-order valence-corrected chi connectivity index (χ0v) is 11.1. The lowest BCUT2D eigenvalue weighted by atomic mass is 10.1. The summed E-state index contributed by atoms with van der Waals surface area (Å²) in [6.45, 7) is 2.21. The van der Waals surface area contributed by atoms with E-state index >= 15 is 0 Å². The number of halogens is 1. The van der Waals surface area contributed by atoms with Gasteiger partial charge in [-0.1, -0.05) is 22.9 Å². The molecule has 2 amide bonds. The van der Waals surface area contributed by atoms with Gasteiger partial charge in [-0.3, -0.25) is 9.59 Å². The highest BCUT2D eigenvalue weighted by Gasteiger charge is 2.25. The number of hydrogen-bond donors (Lipinski definition) is 1. The van der Waals surface area contributed by atoms with Crippen LogP contribution >= 0.6 is 15.9 Å². The first kappa shape index (κ1) is 12.1. The third-order valence-electron chi connectivity index (χ3n) is 2.75. The maximum Gasteiger partial charge on any atom is 0.246 e. The lowest BCUT2D eigenvalue weighted by Crippen LogP contribution is -2.52. The van der Waals surface area contributed by atoms with Crippen molar-refractivity contribution < 1.29 is 9.59 Å². The smallest absolute Gasteiger partial charge is 0.246 e. The summed E-state index contributed by atoms with van der Waals surface area (Å²) >= 11 is 3.41. The molecule has 0 unspecified atom stereocenters. The molecule has 0 atom stereocenters. The van der Waals surface area contributed by atoms with Crippen LogP contribution < -0.4 is 10.2 Å². The standard InChI is InChI=1S/C12H13BrN2O2/c1-2-8-5-9(13)3-4-10(8)15-7-11(16)14-6-12(15)17/h3-5H,2,6-7H2,1H3,(H,14,16). The summed E-state index contributed by atoms with van der Waals surface area (Å²) in [5, 5.41) is 2.54. The van der Waals surface area contributed by atoms with Crippen molar-refractivity contribution in [1.29, 1.82) is 0 Å². The minimum absolute atomic E-state index is 0.0679. The van der Waals surface area contributed by atoms with Crippen molar-refractivity contribution >= 4 is 33.4 Å². The molecule has 0 spiro atoms. The lowest BCUT2D eigenvalue weighted by molar-refractivity contribution is -0.128. The van der Waals surface area contributed by atoms with Crippen LogP contribution in [0.1, 0.15) is 12.5 Å². The Balaban J connectivity index is 2.38. The number of benzene rings is 1. The van der Waals surface area contributed by atoms with Gasteiger partial charge in [-0.25, -0.2) is 0 Å². The highest BCUT2D eigenvalue weighted by molar-refractivity contribution is 9.10. The summed E-state index contributed by atoms with van der Waals surface area (Å²) in [4.78, 5) is 24.7. The molecule has 0 aliphatic carbocycles. The SMILES string of the molecule is CCc1cc(Br)ccc1N1CC(=O)NCC1=O. The van der Waals surface area contributed by atoms with E-state index in [9.17, 15) is 9.59 Å². The van der Waals surface area contributed by atoms with E-state index in [2.05, 4.69) is 21.2 Å². The van der Waals surface area contributed by atoms with Crippen molar-refractivity contribution in [2.45, 2.75) is 13.3 Å². The average molecular weight is 297 g/mol. The Morgan fingerprint density at radius 3 is 2.88 bits per heavy atom. The average Bonchev–Trinajstić information content (AvgIpc) is 2.32. The van der Waals surface area contributed by atoms with Gasteiger partial charge in [-0.2, -0.15) is 0 Å². The maximum absolute atomic E-state index is 11.8. The number of amides is 2. The number of hydrogen-bond acceptors (Lipinski definition) is 2. The molecule has 1 aliphatic rings. The van der Waals surface area contributed by atoms with Crippen LogP contribution in [0.15, 0.2) is 22.7 Å². The molecule has 0 saturated carbocycles. The Kier molecular flexibility index (Phi) is 3.47. The van der Waals surface area contributed by atoms with Crippen LogP contribution in [0.2, 0.25) is 0 Å². The molecule has 1 aliphatic heterocycles. The zero-order valence-electron chi connectivity index (χ0n) is 9.50. The molecular weight excluding hydrogens is 284 g/mol. The molecule has 1 aromatic rings. The second-order valence-corrected chi connectivity index (χ2v) is 4.80. The fourth-order valence-electron chi connectivity index (χ4n) is 1.88. The van der Waals surface area contributed by atoms with E-state index in [0.717, 1.165) is 22.1 Å². The normalized spacial score (nSPS) is 16.0. The molecule has 17 heavy (non-hydrogen) atoms. The minimum atomic E-state index is -0.116. The predicted molar refractivity (Wildman–Crippen MR) is 68.9 cm³/mol. The third kappa shape index (κ3) is 2.49. The van der Waals surface area contributed by atoms with E-state index in [4.69, 9.17) is 0 Å². The molecule has 0 aromatic heterocycles. The van der Waals surface area contributed by atoms with Gasteiger partial charge in [-0.15, -0.1) is 0 Å². The quantitative estimate of drug-likeness (QED) is 0.899. The Labute approximate surface area is 108 Å². The molecule has 1 saturated heterocycles. The monoisotopic (exact) mass is 296 g/mol. The van der Waals surface area contributed by atoms with E-state index in [1.54, 1.807) is 4.90 Å². The summed E-state index contributed by atoms with van der Waals surface area (Å²) in [6.07, 6.45) is 0.820. The number of nitrogens with one attached hydrogen (secondary N) is 1. The van der Waals surface area contributed by atoms with Crippen molar-refractivity contribution in [1.82, 2.24) is 5.32 Å². The number of anilines is 1. The number of carbonyl (C=O) groups excluding carboxylic acids is 2. The molecule has 1 heterocycles. The molecule has 0 bridgehead atoms. The largest absolute Gasteiger partial charge is 0.345 e. The van der Waals surface area contributed by atoms with E-state index in [0.29, 0.717) is 0 Å². The summed E-state index contributed by atoms with van der Waals surface area (Å²) in [5.41, 5.74) is 1.89. The topological polar surface area (TPSA) is 49.4 Å². The van der Waals surface area contributed by atoms with Crippen molar-refractivity contribution in [3.8, 4) is 0 Å². The first-order valence-corrected chi connectivity index (χ1v) is 6.26. The van der Waals surface area contributed by atoms with Gasteiger partial charge in [0.2, 0.25) is 11.8 Å². The highest BCUT2D eigenvalue weighted by atomic mass is 79.9. The number of carbonyl (C=O) groups is 2. The van der Waals surface area contributed by atoms with Crippen molar-refractivity contribution in [2.24, 2.45) is 0 Å². The second kappa shape index (κ2) is 4.87. The summed E-state index contributed by atoms with van der Waals surface area (Å²) in [7, 11) is 0. The molecule has 5 heteroatoms. The van der Waals surface area contributed by atoms with Gasteiger partial charge >= 0.3 is 0 Å². The van der Waals surface area contributed by atoms with E-state index in [1.165, 1.54) is 0 Å². The second-order valence-electron chi connectivity index (χ2n) is 3.88. The van der Waals surface area contributed by atoms with Gasteiger partial charge in [-0.05, 0) is 30.2 Å². The van der Waals surface area contributed by atoms with Crippen LogP contribution in [-0.2, 0) is 16.0 Å². The number of rotatable bonds is 2. The van der Waals surface area contributed by atoms with E-state index < -0.39 is 0 Å². The van der Waals surface area contributed by atoms with Gasteiger partial charge in [0.1, 0.15) is 6.54 Å². The Morgan fingerprint density at radius 1 is 1.41 bits per heavy atom. The Bertz CT molecular complexity index is 474. The number of nitrogens with zero attached hydrogens (tertiary/aromatic N) is 1. The van der Waals surface area contributed by atoms with E-state index in [1.807, 2.05) is 25.1 Å². The number of aryl methyl sites for hydroxylation is 1. The first-order chi connectivity index (χ1) is 8.11. The molecule has 1 aromatic carbocycles. The van der Waals surface area contributed by atoms with Crippen LogP contribution in [0.5, 0.6) is 0 Å². The van der Waals surface area contributed by atoms with Crippen molar-refractivity contribution in [3.05, 3.63) is 28.2 Å². The van der Waals surface area contributed by atoms with Crippen LogP contribution in [0.3, 0.4) is 0 Å². The summed E-state index contributed by atoms with van der Waals surface area (Å²) in [6, 6.07) is 5.74. The fraction of sp³-hybridized carbons (Fsp3) is 0.333. The van der Waals surface area contributed by atoms with Crippen molar-refractivity contribution in [3.63, 3.8) is 0 Å². The zero-order chi connectivity index (χ0) is 12.4. The lowest BCUT2D eigenvalue weighted by Gasteiger charge is -2.28. The van der Waals surface area contributed by atoms with Crippen LogP contribution in [0.25, 0.3) is 0 Å². The third-order valence-corrected chi connectivity index (χ3v) is 3.25. The van der Waals surface area contributed by atoms with Gasteiger partial charge < -0.3 is 10.2 Å². The van der Waals surface area contributed by atoms with Crippen LogP contribution in [0, 0.1) is 0 Å². The van der Waals surface area contributed by atoms with Crippen molar-refractivity contribution in [2.75, 3.05) is 18.0 Å². The van der Waals surface area contributed by atoms with Gasteiger partial charge in [0.05, 0.1) is 6.54 Å². The van der Waals surface area contributed by atoms with Gasteiger partial charge in [0, 0.05) is 10.2 Å². The van der Waals surface area contributed by atoms with E-state index in [-0.39, 0.29) is 24.9 Å². The minimum Gasteiger partial charge on any atom is -0.345 e. The van der Waals surface area contributed by atoms with Gasteiger partial charge in [0.25, 0.3) is 0 Å². The molecule has 1 N–H and O–H groups in total. The Morgan fingerprint density at radius 2 is 2.18 bits per heavy atom. The predicted octanol–water partition coefficient (Wildman–Crippen LogP) is 1.47. The van der Waals surface area contributed by atoms with Crippen LogP contribution in [-0.4, -0.2) is 24.9 Å². The molecule has 90 valence electrons. The molecular formula is C12H13BrN2O2. The Hall–Kier alpha value is -1.36. The first-order valence-electron chi connectivity index (χ1n) is 5.47. The highest BCUT2D eigenvalue weighted by Crippen LogP contribution is 2.25.